The number of hydrogen-bond donors (Lipinski definition) is 0. The van der Waals surface area contributed by atoms with Crippen LogP contribution in [-0.2, 0) is 13.0 Å². The molecule has 3 heterocycles. The van der Waals surface area contributed by atoms with Gasteiger partial charge in [-0.15, -0.1) is 21.5 Å². The Kier molecular flexibility index (Phi) is 5.04. The zero-order valence-corrected chi connectivity index (χ0v) is 15.8. The van der Waals surface area contributed by atoms with Crippen molar-refractivity contribution in [1.82, 2.24) is 19.7 Å². The number of rotatable bonds is 5. The number of aryl methyl sites for hydroxylation is 2. The van der Waals surface area contributed by atoms with Gasteiger partial charge in [-0.25, -0.2) is 0 Å². The van der Waals surface area contributed by atoms with Crippen molar-refractivity contribution in [3.63, 3.8) is 0 Å². The van der Waals surface area contributed by atoms with Gasteiger partial charge in [0.2, 0.25) is 0 Å². The highest BCUT2D eigenvalue weighted by atomic mass is 32.1. The van der Waals surface area contributed by atoms with E-state index in [1.54, 1.807) is 17.7 Å². The molecule has 0 bridgehead atoms. The summed E-state index contributed by atoms with van der Waals surface area (Å²) in [6.45, 7) is 10.3. The van der Waals surface area contributed by atoms with Gasteiger partial charge >= 0.3 is 0 Å². The number of carbonyl (C=O) groups is 1. The third kappa shape index (κ3) is 3.24. The van der Waals surface area contributed by atoms with E-state index in [2.05, 4.69) is 42.5 Å². The van der Waals surface area contributed by atoms with Gasteiger partial charge in [-0.05, 0) is 43.7 Å². The summed E-state index contributed by atoms with van der Waals surface area (Å²) in [5.74, 6) is 1.60. The van der Waals surface area contributed by atoms with E-state index in [0.717, 1.165) is 43.1 Å². The maximum atomic E-state index is 13.0. The lowest BCUT2D eigenvalue weighted by atomic mass is 10.1. The number of carbonyl (C=O) groups excluding carboxylic acids is 1. The number of likely N-dealkylation sites (tertiary alicyclic amines) is 1. The fourth-order valence-corrected chi connectivity index (χ4v) is 4.52. The van der Waals surface area contributed by atoms with Crippen LogP contribution < -0.4 is 0 Å². The smallest absolute Gasteiger partial charge is 0.264 e. The van der Waals surface area contributed by atoms with Gasteiger partial charge in [0.15, 0.2) is 5.82 Å². The van der Waals surface area contributed by atoms with Gasteiger partial charge in [-0.3, -0.25) is 4.79 Å². The van der Waals surface area contributed by atoms with Gasteiger partial charge in [0.25, 0.3) is 5.91 Å². The quantitative estimate of drug-likeness (QED) is 0.826. The summed E-state index contributed by atoms with van der Waals surface area (Å²) < 4.78 is 2.11. The standard InChI is InChI=1S/C18H26N4OS/c1-5-15-13(4)9-16(24-15)18(23)22-8-6-7-14(22)17-20-19-11-21(17)10-12(2)3/h9,11-12,14H,5-8,10H2,1-4H3. The van der Waals surface area contributed by atoms with Crippen LogP contribution in [-0.4, -0.2) is 32.1 Å². The van der Waals surface area contributed by atoms with Crippen LogP contribution in [0.25, 0.3) is 0 Å². The molecular formula is C18H26N4OS. The second-order valence-corrected chi connectivity index (χ2v) is 8.10. The molecule has 130 valence electrons. The monoisotopic (exact) mass is 346 g/mol. The van der Waals surface area contributed by atoms with E-state index in [0.29, 0.717) is 5.92 Å². The van der Waals surface area contributed by atoms with Crippen molar-refractivity contribution >= 4 is 17.2 Å². The van der Waals surface area contributed by atoms with Crippen molar-refractivity contribution in [2.45, 2.75) is 59.5 Å². The molecule has 1 saturated heterocycles. The maximum absolute atomic E-state index is 13.0. The molecule has 2 aromatic heterocycles. The van der Waals surface area contributed by atoms with Gasteiger partial charge in [0, 0.05) is 18.0 Å². The number of aromatic nitrogens is 3. The second-order valence-electron chi connectivity index (χ2n) is 6.96. The SMILES string of the molecule is CCc1sc(C(=O)N2CCCC2c2nncn2CC(C)C)cc1C. The lowest BCUT2D eigenvalue weighted by molar-refractivity contribution is 0.0731. The fourth-order valence-electron chi connectivity index (χ4n) is 3.45. The average molecular weight is 347 g/mol. The molecule has 0 radical (unpaired) electrons. The first-order valence-electron chi connectivity index (χ1n) is 8.79. The van der Waals surface area contributed by atoms with Crippen molar-refractivity contribution in [1.29, 1.82) is 0 Å². The Morgan fingerprint density at radius 1 is 1.46 bits per heavy atom. The first-order valence-corrected chi connectivity index (χ1v) is 9.60. The molecule has 6 heteroatoms. The van der Waals surface area contributed by atoms with E-state index in [4.69, 9.17) is 0 Å². The number of hydrogen-bond acceptors (Lipinski definition) is 4. The van der Waals surface area contributed by atoms with Crippen molar-refractivity contribution in [2.75, 3.05) is 6.54 Å². The largest absolute Gasteiger partial charge is 0.328 e. The topological polar surface area (TPSA) is 51.0 Å². The van der Waals surface area contributed by atoms with Crippen LogP contribution in [0.3, 0.4) is 0 Å². The zero-order valence-electron chi connectivity index (χ0n) is 15.0. The summed E-state index contributed by atoms with van der Waals surface area (Å²) in [6.07, 6.45) is 4.76. The Morgan fingerprint density at radius 3 is 2.92 bits per heavy atom. The second kappa shape index (κ2) is 7.05. The molecule has 1 amide bonds. The minimum atomic E-state index is 0.0474. The fraction of sp³-hybridized carbons (Fsp3) is 0.611. The van der Waals surface area contributed by atoms with E-state index in [1.807, 2.05) is 11.0 Å². The molecule has 0 spiro atoms. The van der Waals surface area contributed by atoms with E-state index in [9.17, 15) is 4.79 Å². The first kappa shape index (κ1) is 17.1. The Hall–Kier alpha value is -1.69. The van der Waals surface area contributed by atoms with Crippen molar-refractivity contribution in [2.24, 2.45) is 5.92 Å². The Bertz CT molecular complexity index is 718. The van der Waals surface area contributed by atoms with Crippen molar-refractivity contribution in [3.8, 4) is 0 Å². The van der Waals surface area contributed by atoms with E-state index in [-0.39, 0.29) is 11.9 Å². The predicted molar refractivity (Wildman–Crippen MR) is 96.3 cm³/mol. The van der Waals surface area contributed by atoms with Crippen LogP contribution in [0.2, 0.25) is 0 Å². The molecule has 5 nitrogen and oxygen atoms in total. The van der Waals surface area contributed by atoms with Gasteiger partial charge in [-0.1, -0.05) is 20.8 Å². The summed E-state index contributed by atoms with van der Waals surface area (Å²) in [5, 5.41) is 8.43. The summed E-state index contributed by atoms with van der Waals surface area (Å²) in [4.78, 5) is 17.2. The molecule has 0 aliphatic carbocycles. The number of amides is 1. The van der Waals surface area contributed by atoms with Gasteiger partial charge in [0.05, 0.1) is 10.9 Å². The lowest BCUT2D eigenvalue weighted by Crippen LogP contribution is -2.31. The molecule has 2 aromatic rings. The van der Waals surface area contributed by atoms with Gasteiger partial charge < -0.3 is 9.47 Å². The molecule has 24 heavy (non-hydrogen) atoms. The van der Waals surface area contributed by atoms with Crippen LogP contribution in [0.1, 0.15) is 65.6 Å². The molecule has 3 rings (SSSR count). The van der Waals surface area contributed by atoms with E-state index < -0.39 is 0 Å². The predicted octanol–water partition coefficient (Wildman–Crippen LogP) is 3.84. The van der Waals surface area contributed by atoms with Crippen LogP contribution in [0, 0.1) is 12.8 Å². The van der Waals surface area contributed by atoms with Gasteiger partial charge in [-0.2, -0.15) is 0 Å². The number of nitrogens with zero attached hydrogens (tertiary/aromatic N) is 4. The molecule has 1 atom stereocenters. The van der Waals surface area contributed by atoms with Crippen LogP contribution in [0.4, 0.5) is 0 Å². The molecule has 0 N–H and O–H groups in total. The normalized spacial score (nSPS) is 17.9. The Balaban J connectivity index is 1.85. The molecule has 1 aliphatic rings. The lowest BCUT2D eigenvalue weighted by Gasteiger charge is -2.24. The summed E-state index contributed by atoms with van der Waals surface area (Å²) in [6, 6.07) is 2.09. The summed E-state index contributed by atoms with van der Waals surface area (Å²) in [7, 11) is 0. The first-order chi connectivity index (χ1) is 11.5. The van der Waals surface area contributed by atoms with Crippen LogP contribution in [0.15, 0.2) is 12.4 Å². The zero-order chi connectivity index (χ0) is 17.3. The minimum absolute atomic E-state index is 0.0474. The van der Waals surface area contributed by atoms with E-state index in [1.165, 1.54) is 10.4 Å². The molecule has 1 aliphatic heterocycles. The molecular weight excluding hydrogens is 320 g/mol. The Labute approximate surface area is 147 Å². The highest BCUT2D eigenvalue weighted by Crippen LogP contribution is 2.34. The Morgan fingerprint density at radius 2 is 2.25 bits per heavy atom. The number of thiophene rings is 1. The summed E-state index contributed by atoms with van der Waals surface area (Å²) in [5.41, 5.74) is 1.23. The molecule has 0 aromatic carbocycles. The van der Waals surface area contributed by atoms with Crippen LogP contribution in [0.5, 0.6) is 0 Å². The van der Waals surface area contributed by atoms with Crippen molar-refractivity contribution < 1.29 is 4.79 Å². The molecule has 0 saturated carbocycles. The third-order valence-electron chi connectivity index (χ3n) is 4.57. The van der Waals surface area contributed by atoms with Crippen molar-refractivity contribution in [3.05, 3.63) is 33.5 Å². The highest BCUT2D eigenvalue weighted by Gasteiger charge is 2.34. The average Bonchev–Trinajstić information content (AvgIpc) is 3.24. The minimum Gasteiger partial charge on any atom is -0.328 e. The summed E-state index contributed by atoms with van der Waals surface area (Å²) >= 11 is 1.63. The van der Waals surface area contributed by atoms with Gasteiger partial charge in [0.1, 0.15) is 6.33 Å². The highest BCUT2D eigenvalue weighted by molar-refractivity contribution is 7.14. The molecule has 1 unspecified atom stereocenters. The van der Waals surface area contributed by atoms with E-state index >= 15 is 0 Å². The maximum Gasteiger partial charge on any atom is 0.264 e. The van der Waals surface area contributed by atoms with Crippen LogP contribution >= 0.6 is 11.3 Å². The molecule has 1 fully saturated rings. The third-order valence-corrected chi connectivity index (χ3v) is 5.94.